The van der Waals surface area contributed by atoms with Crippen LogP contribution in [0.2, 0.25) is 0 Å². The summed E-state index contributed by atoms with van der Waals surface area (Å²) in [4.78, 5) is 4.18. The Kier molecular flexibility index (Phi) is 3.76. The Morgan fingerprint density at radius 3 is 2.50 bits per heavy atom. The monoisotopic (exact) mass is 266 g/mol. The molecule has 102 valence electrons. The van der Waals surface area contributed by atoms with Gasteiger partial charge in [-0.1, -0.05) is 39.0 Å². The third kappa shape index (κ3) is 2.80. The van der Waals surface area contributed by atoms with Crippen molar-refractivity contribution in [2.75, 3.05) is 0 Å². The van der Waals surface area contributed by atoms with Gasteiger partial charge in [0.2, 0.25) is 5.88 Å². The van der Waals surface area contributed by atoms with Crippen LogP contribution in [0.15, 0.2) is 36.5 Å². The Morgan fingerprint density at radius 1 is 1.15 bits per heavy atom. The average Bonchev–Trinajstić information content (AvgIpc) is 2.38. The molecule has 2 aromatic rings. The quantitative estimate of drug-likeness (QED) is 0.811. The zero-order valence-electron chi connectivity index (χ0n) is 12.3. The van der Waals surface area contributed by atoms with Crippen LogP contribution in [0.1, 0.15) is 37.5 Å². The molecule has 0 spiro atoms. The number of aryl methyl sites for hydroxylation is 1. The largest absolute Gasteiger partial charge is 0.437 e. The summed E-state index contributed by atoms with van der Waals surface area (Å²) in [7, 11) is 0. The van der Waals surface area contributed by atoms with E-state index in [1.807, 2.05) is 31.2 Å². The van der Waals surface area contributed by atoms with E-state index in [4.69, 9.17) is 4.74 Å². The molecule has 0 aliphatic rings. The fraction of sp³-hybridized carbons (Fsp3) is 0.294. The second kappa shape index (κ2) is 5.34. The first-order valence-corrected chi connectivity index (χ1v) is 6.56. The smallest absolute Gasteiger partial charge is 0.237 e. The molecule has 2 rings (SSSR count). The standard InChI is InChI=1S/C17H18N2O/c1-12-9-10-19-16(13(12)11-18)20-15-8-6-5-7-14(15)17(2,3)4/h5-10H,1-4H3. The molecule has 3 heteroatoms. The zero-order valence-corrected chi connectivity index (χ0v) is 12.3. The third-order valence-electron chi connectivity index (χ3n) is 3.14. The van der Waals surface area contributed by atoms with Crippen LogP contribution >= 0.6 is 0 Å². The van der Waals surface area contributed by atoms with E-state index in [0.29, 0.717) is 11.4 Å². The van der Waals surface area contributed by atoms with Crippen molar-refractivity contribution in [3.63, 3.8) is 0 Å². The number of para-hydroxylation sites is 1. The lowest BCUT2D eigenvalue weighted by atomic mass is 9.86. The summed E-state index contributed by atoms with van der Waals surface area (Å²) < 4.78 is 5.91. The Balaban J connectivity index is 2.47. The van der Waals surface area contributed by atoms with E-state index >= 15 is 0 Å². The first kappa shape index (κ1) is 14.1. The molecule has 3 nitrogen and oxygen atoms in total. The molecule has 1 heterocycles. The van der Waals surface area contributed by atoms with Crippen LogP contribution in [-0.2, 0) is 5.41 Å². The van der Waals surface area contributed by atoms with E-state index in [0.717, 1.165) is 16.9 Å². The average molecular weight is 266 g/mol. The van der Waals surface area contributed by atoms with Gasteiger partial charge in [-0.25, -0.2) is 4.98 Å². The molecule has 0 atom stereocenters. The van der Waals surface area contributed by atoms with Crippen molar-refractivity contribution in [2.45, 2.75) is 33.1 Å². The molecule has 0 unspecified atom stereocenters. The number of pyridine rings is 1. The molecule has 0 radical (unpaired) electrons. The van der Waals surface area contributed by atoms with Gasteiger partial charge in [-0.2, -0.15) is 5.26 Å². The molecular formula is C17H18N2O. The predicted octanol–water partition coefficient (Wildman–Crippen LogP) is 4.35. The highest BCUT2D eigenvalue weighted by Crippen LogP contribution is 2.34. The second-order valence-corrected chi connectivity index (χ2v) is 5.77. The molecule has 0 aliphatic heterocycles. The minimum absolute atomic E-state index is 0.0345. The van der Waals surface area contributed by atoms with Crippen molar-refractivity contribution in [3.8, 4) is 17.7 Å². The number of nitrogens with zero attached hydrogens (tertiary/aromatic N) is 2. The highest BCUT2D eigenvalue weighted by atomic mass is 16.5. The van der Waals surface area contributed by atoms with Crippen molar-refractivity contribution >= 4 is 0 Å². The lowest BCUT2D eigenvalue weighted by molar-refractivity contribution is 0.438. The Bertz CT molecular complexity index is 663. The SMILES string of the molecule is Cc1ccnc(Oc2ccccc2C(C)(C)C)c1C#N. The first-order chi connectivity index (χ1) is 9.43. The zero-order chi connectivity index (χ0) is 14.8. The van der Waals surface area contributed by atoms with Crippen LogP contribution in [0.3, 0.4) is 0 Å². The summed E-state index contributed by atoms with van der Waals surface area (Å²) in [6.07, 6.45) is 1.66. The molecule has 1 aromatic heterocycles. The number of hydrogen-bond donors (Lipinski definition) is 0. The molecule has 0 saturated carbocycles. The topological polar surface area (TPSA) is 45.9 Å². The lowest BCUT2D eigenvalue weighted by Crippen LogP contribution is -2.12. The van der Waals surface area contributed by atoms with E-state index in [2.05, 4.69) is 31.8 Å². The Hall–Kier alpha value is -2.34. The van der Waals surface area contributed by atoms with Gasteiger partial charge in [0.1, 0.15) is 17.4 Å². The van der Waals surface area contributed by atoms with Crippen LogP contribution in [0.4, 0.5) is 0 Å². The fourth-order valence-electron chi connectivity index (χ4n) is 2.03. The molecular weight excluding hydrogens is 248 g/mol. The molecule has 0 N–H and O–H groups in total. The van der Waals surface area contributed by atoms with E-state index in [1.165, 1.54) is 0 Å². The van der Waals surface area contributed by atoms with Gasteiger partial charge in [0.05, 0.1) is 0 Å². The van der Waals surface area contributed by atoms with Gasteiger partial charge in [0.25, 0.3) is 0 Å². The number of nitriles is 1. The van der Waals surface area contributed by atoms with Gasteiger partial charge in [-0.3, -0.25) is 0 Å². The fourth-order valence-corrected chi connectivity index (χ4v) is 2.03. The minimum atomic E-state index is -0.0345. The number of aromatic nitrogens is 1. The maximum atomic E-state index is 9.24. The van der Waals surface area contributed by atoms with Gasteiger partial charge in [-0.15, -0.1) is 0 Å². The minimum Gasteiger partial charge on any atom is -0.437 e. The van der Waals surface area contributed by atoms with Crippen molar-refractivity contribution < 1.29 is 4.74 Å². The van der Waals surface area contributed by atoms with Crippen LogP contribution in [0, 0.1) is 18.3 Å². The maximum Gasteiger partial charge on any atom is 0.237 e. The first-order valence-electron chi connectivity index (χ1n) is 6.56. The maximum absolute atomic E-state index is 9.24. The predicted molar refractivity (Wildman–Crippen MR) is 78.9 cm³/mol. The van der Waals surface area contributed by atoms with E-state index < -0.39 is 0 Å². The van der Waals surface area contributed by atoms with Crippen molar-refractivity contribution in [3.05, 3.63) is 53.2 Å². The van der Waals surface area contributed by atoms with E-state index in [1.54, 1.807) is 12.3 Å². The summed E-state index contributed by atoms with van der Waals surface area (Å²) >= 11 is 0. The molecule has 20 heavy (non-hydrogen) atoms. The number of rotatable bonds is 2. The van der Waals surface area contributed by atoms with Gasteiger partial charge in [0, 0.05) is 11.8 Å². The summed E-state index contributed by atoms with van der Waals surface area (Å²) in [5.74, 6) is 1.11. The summed E-state index contributed by atoms with van der Waals surface area (Å²) in [5, 5.41) is 9.24. The molecule has 0 saturated heterocycles. The van der Waals surface area contributed by atoms with Gasteiger partial charge in [-0.05, 0) is 30.0 Å². The van der Waals surface area contributed by atoms with Gasteiger partial charge >= 0.3 is 0 Å². The number of ether oxygens (including phenoxy) is 1. The van der Waals surface area contributed by atoms with Crippen LogP contribution in [0.5, 0.6) is 11.6 Å². The van der Waals surface area contributed by atoms with Crippen molar-refractivity contribution in [2.24, 2.45) is 0 Å². The lowest BCUT2D eigenvalue weighted by Gasteiger charge is -2.22. The Morgan fingerprint density at radius 2 is 1.85 bits per heavy atom. The van der Waals surface area contributed by atoms with Crippen molar-refractivity contribution in [1.29, 1.82) is 5.26 Å². The number of hydrogen-bond acceptors (Lipinski definition) is 3. The highest BCUT2D eigenvalue weighted by Gasteiger charge is 2.20. The second-order valence-electron chi connectivity index (χ2n) is 5.77. The summed E-state index contributed by atoms with van der Waals surface area (Å²) in [6, 6.07) is 11.8. The summed E-state index contributed by atoms with van der Waals surface area (Å²) in [5.41, 5.74) is 2.40. The highest BCUT2D eigenvalue weighted by molar-refractivity contribution is 5.47. The van der Waals surface area contributed by atoms with E-state index in [-0.39, 0.29) is 5.41 Å². The molecule has 0 aliphatic carbocycles. The molecule has 0 bridgehead atoms. The molecule has 0 amide bonds. The summed E-state index contributed by atoms with van der Waals surface area (Å²) in [6.45, 7) is 8.26. The van der Waals surface area contributed by atoms with E-state index in [9.17, 15) is 5.26 Å². The van der Waals surface area contributed by atoms with Crippen LogP contribution < -0.4 is 4.74 Å². The number of benzene rings is 1. The molecule has 1 aromatic carbocycles. The normalized spacial score (nSPS) is 10.9. The van der Waals surface area contributed by atoms with Crippen LogP contribution in [0.25, 0.3) is 0 Å². The Labute approximate surface area is 119 Å². The van der Waals surface area contributed by atoms with Crippen LogP contribution in [-0.4, -0.2) is 4.98 Å². The van der Waals surface area contributed by atoms with Crippen molar-refractivity contribution in [1.82, 2.24) is 4.98 Å². The molecule has 0 fully saturated rings. The van der Waals surface area contributed by atoms with Gasteiger partial charge < -0.3 is 4.74 Å². The van der Waals surface area contributed by atoms with Gasteiger partial charge in [0.15, 0.2) is 0 Å². The third-order valence-corrected chi connectivity index (χ3v) is 3.14.